The van der Waals surface area contributed by atoms with Gasteiger partial charge in [-0.1, -0.05) is 12.1 Å². The Bertz CT molecular complexity index is 585. The van der Waals surface area contributed by atoms with Crippen LogP contribution < -0.4 is 15.8 Å². The maximum absolute atomic E-state index is 12.1. The smallest absolute Gasteiger partial charge is 0.257 e. The van der Waals surface area contributed by atoms with Crippen molar-refractivity contribution in [3.8, 4) is 5.75 Å². The van der Waals surface area contributed by atoms with Gasteiger partial charge >= 0.3 is 0 Å². The van der Waals surface area contributed by atoms with Crippen LogP contribution in [0.4, 0.5) is 5.69 Å². The number of aromatic nitrogens is 1. The number of hydrogen-bond acceptors (Lipinski definition) is 4. The number of benzene rings is 1. The predicted octanol–water partition coefficient (Wildman–Crippen LogP) is 1.64. The van der Waals surface area contributed by atoms with Crippen LogP contribution in [-0.4, -0.2) is 24.5 Å². The zero-order valence-corrected chi connectivity index (χ0v) is 11.3. The molecule has 0 saturated heterocycles. The Morgan fingerprint density at radius 1 is 1.30 bits per heavy atom. The average molecular weight is 271 g/mol. The summed E-state index contributed by atoms with van der Waals surface area (Å²) in [6.07, 6.45) is 2.40. The second kappa shape index (κ2) is 6.56. The van der Waals surface area contributed by atoms with Crippen LogP contribution >= 0.6 is 0 Å². The topological polar surface area (TPSA) is 77.2 Å². The Morgan fingerprint density at radius 2 is 2.15 bits per heavy atom. The van der Waals surface area contributed by atoms with Crippen LogP contribution in [0, 0.1) is 0 Å². The van der Waals surface area contributed by atoms with Crippen molar-refractivity contribution >= 4 is 11.6 Å². The quantitative estimate of drug-likeness (QED) is 0.810. The number of anilines is 1. The molecule has 1 amide bonds. The summed E-state index contributed by atoms with van der Waals surface area (Å²) in [6.45, 7) is 0.493. The lowest BCUT2D eigenvalue weighted by Gasteiger charge is -2.11. The first-order valence-corrected chi connectivity index (χ1v) is 6.33. The van der Waals surface area contributed by atoms with Gasteiger partial charge in [0.1, 0.15) is 11.3 Å². The van der Waals surface area contributed by atoms with Crippen molar-refractivity contribution in [2.24, 2.45) is 0 Å². The fourth-order valence-corrected chi connectivity index (χ4v) is 1.90. The number of amides is 1. The van der Waals surface area contributed by atoms with E-state index in [2.05, 4.69) is 10.3 Å². The van der Waals surface area contributed by atoms with Gasteiger partial charge < -0.3 is 15.8 Å². The molecule has 0 radical (unpaired) electrons. The van der Waals surface area contributed by atoms with E-state index in [4.69, 9.17) is 10.5 Å². The largest absolute Gasteiger partial charge is 0.496 e. The molecule has 3 N–H and O–H groups in total. The van der Waals surface area contributed by atoms with Gasteiger partial charge in [0.05, 0.1) is 7.11 Å². The standard InChI is InChI=1S/C15H17N3O2/c1-20-13-7-4-6-12(16)14(13)15(19)18-10-8-11-5-2-3-9-17-11/h2-7,9H,8,10,16H2,1H3,(H,18,19). The van der Waals surface area contributed by atoms with Crippen LogP contribution in [-0.2, 0) is 6.42 Å². The van der Waals surface area contributed by atoms with Gasteiger partial charge in [0, 0.05) is 30.5 Å². The first-order valence-electron chi connectivity index (χ1n) is 6.33. The molecule has 20 heavy (non-hydrogen) atoms. The van der Waals surface area contributed by atoms with Crippen molar-refractivity contribution in [3.05, 3.63) is 53.9 Å². The van der Waals surface area contributed by atoms with E-state index >= 15 is 0 Å². The lowest BCUT2D eigenvalue weighted by atomic mass is 10.1. The second-order valence-corrected chi connectivity index (χ2v) is 4.25. The van der Waals surface area contributed by atoms with Crippen molar-refractivity contribution in [2.75, 3.05) is 19.4 Å². The Balaban J connectivity index is 1.99. The minimum absolute atomic E-state index is 0.240. The number of methoxy groups -OCH3 is 1. The molecule has 0 bridgehead atoms. The normalized spacial score (nSPS) is 10.1. The molecule has 2 aromatic rings. The molecule has 5 nitrogen and oxygen atoms in total. The third kappa shape index (κ3) is 3.26. The van der Waals surface area contributed by atoms with E-state index in [1.165, 1.54) is 7.11 Å². The van der Waals surface area contributed by atoms with Crippen molar-refractivity contribution in [1.29, 1.82) is 0 Å². The number of nitrogen functional groups attached to an aromatic ring is 1. The van der Waals surface area contributed by atoms with Crippen molar-refractivity contribution in [1.82, 2.24) is 10.3 Å². The van der Waals surface area contributed by atoms with E-state index < -0.39 is 0 Å². The van der Waals surface area contributed by atoms with Crippen molar-refractivity contribution in [2.45, 2.75) is 6.42 Å². The summed E-state index contributed by atoms with van der Waals surface area (Å²) in [7, 11) is 1.51. The number of hydrogen-bond donors (Lipinski definition) is 2. The summed E-state index contributed by atoms with van der Waals surface area (Å²) in [5.74, 6) is 0.233. The Labute approximate surface area is 117 Å². The molecule has 0 atom stereocenters. The highest BCUT2D eigenvalue weighted by Gasteiger charge is 2.15. The summed E-state index contributed by atoms with van der Waals surface area (Å²) < 4.78 is 5.16. The van der Waals surface area contributed by atoms with Crippen LogP contribution in [0.25, 0.3) is 0 Å². The maximum Gasteiger partial charge on any atom is 0.257 e. The number of pyridine rings is 1. The molecule has 0 unspecified atom stereocenters. The highest BCUT2D eigenvalue weighted by atomic mass is 16.5. The number of nitrogens with two attached hydrogens (primary N) is 1. The lowest BCUT2D eigenvalue weighted by molar-refractivity contribution is 0.0952. The highest BCUT2D eigenvalue weighted by Crippen LogP contribution is 2.23. The Kier molecular flexibility index (Phi) is 4.55. The van der Waals surface area contributed by atoms with E-state index in [9.17, 15) is 4.79 Å². The van der Waals surface area contributed by atoms with Gasteiger partial charge in [0.25, 0.3) is 5.91 Å². The molecule has 0 spiro atoms. The SMILES string of the molecule is COc1cccc(N)c1C(=O)NCCc1ccccn1. The van der Waals surface area contributed by atoms with E-state index in [1.54, 1.807) is 24.4 Å². The first-order chi connectivity index (χ1) is 9.72. The minimum atomic E-state index is -0.240. The summed E-state index contributed by atoms with van der Waals surface area (Å²) in [5.41, 5.74) is 7.53. The molecule has 0 saturated carbocycles. The van der Waals surface area contributed by atoms with Crippen LogP contribution in [0.3, 0.4) is 0 Å². The molecule has 0 fully saturated rings. The van der Waals surface area contributed by atoms with Crippen LogP contribution in [0.5, 0.6) is 5.75 Å². The zero-order chi connectivity index (χ0) is 14.4. The zero-order valence-electron chi connectivity index (χ0n) is 11.3. The highest BCUT2D eigenvalue weighted by molar-refractivity contribution is 6.01. The number of nitrogens with zero attached hydrogens (tertiary/aromatic N) is 1. The van der Waals surface area contributed by atoms with Gasteiger partial charge in [-0.25, -0.2) is 0 Å². The number of rotatable bonds is 5. The van der Waals surface area contributed by atoms with Crippen LogP contribution in [0.2, 0.25) is 0 Å². The molecule has 104 valence electrons. The summed E-state index contributed by atoms with van der Waals surface area (Å²) in [6, 6.07) is 10.8. The van der Waals surface area contributed by atoms with Gasteiger partial charge in [-0.05, 0) is 24.3 Å². The minimum Gasteiger partial charge on any atom is -0.496 e. The van der Waals surface area contributed by atoms with Gasteiger partial charge in [-0.3, -0.25) is 9.78 Å². The van der Waals surface area contributed by atoms with E-state index in [0.717, 1.165) is 5.69 Å². The summed E-state index contributed by atoms with van der Waals surface area (Å²) in [5, 5.41) is 2.82. The summed E-state index contributed by atoms with van der Waals surface area (Å²) >= 11 is 0. The van der Waals surface area contributed by atoms with Crippen LogP contribution in [0.15, 0.2) is 42.6 Å². The Hall–Kier alpha value is -2.56. The summed E-state index contributed by atoms with van der Waals surface area (Å²) in [4.78, 5) is 16.3. The Morgan fingerprint density at radius 3 is 2.85 bits per heavy atom. The molecule has 0 aliphatic rings. The second-order valence-electron chi connectivity index (χ2n) is 4.25. The first kappa shape index (κ1) is 13.9. The van der Waals surface area contributed by atoms with E-state index in [-0.39, 0.29) is 5.91 Å². The monoisotopic (exact) mass is 271 g/mol. The number of carbonyl (C=O) groups is 1. The average Bonchev–Trinajstić information content (AvgIpc) is 2.47. The third-order valence-corrected chi connectivity index (χ3v) is 2.90. The van der Waals surface area contributed by atoms with Crippen molar-refractivity contribution in [3.63, 3.8) is 0 Å². The van der Waals surface area contributed by atoms with Gasteiger partial charge in [-0.15, -0.1) is 0 Å². The molecule has 0 aliphatic carbocycles. The molecule has 1 heterocycles. The maximum atomic E-state index is 12.1. The van der Waals surface area contributed by atoms with Crippen LogP contribution in [0.1, 0.15) is 16.1 Å². The molecule has 0 aliphatic heterocycles. The molecular formula is C15H17N3O2. The van der Waals surface area contributed by atoms with Crippen molar-refractivity contribution < 1.29 is 9.53 Å². The fraction of sp³-hybridized carbons (Fsp3) is 0.200. The molecular weight excluding hydrogens is 254 g/mol. The lowest BCUT2D eigenvalue weighted by Crippen LogP contribution is -2.27. The van der Waals surface area contributed by atoms with Gasteiger partial charge in [0.15, 0.2) is 0 Å². The molecule has 1 aromatic carbocycles. The third-order valence-electron chi connectivity index (χ3n) is 2.90. The molecule has 2 rings (SSSR count). The van der Waals surface area contributed by atoms with Gasteiger partial charge in [-0.2, -0.15) is 0 Å². The van der Waals surface area contributed by atoms with E-state index in [0.29, 0.717) is 30.0 Å². The van der Waals surface area contributed by atoms with Gasteiger partial charge in [0.2, 0.25) is 0 Å². The predicted molar refractivity (Wildman–Crippen MR) is 77.7 cm³/mol. The molecule has 1 aromatic heterocycles. The van der Waals surface area contributed by atoms with E-state index in [1.807, 2.05) is 18.2 Å². The fourth-order valence-electron chi connectivity index (χ4n) is 1.90. The number of carbonyl (C=O) groups excluding carboxylic acids is 1. The number of ether oxygens (including phenoxy) is 1. The number of nitrogens with one attached hydrogen (secondary N) is 1. The molecule has 5 heteroatoms.